The number of rotatable bonds is 4. The quantitative estimate of drug-likeness (QED) is 0.667. The van der Waals surface area contributed by atoms with Gasteiger partial charge in [0, 0.05) is 38.0 Å². The van der Waals surface area contributed by atoms with Crippen LogP contribution >= 0.6 is 0 Å². The highest BCUT2D eigenvalue weighted by atomic mass is 16.5. The normalized spacial score (nSPS) is 19.8. The Bertz CT molecular complexity index is 1090. The molecule has 8 nitrogen and oxygen atoms in total. The first-order valence-corrected chi connectivity index (χ1v) is 9.53. The van der Waals surface area contributed by atoms with Crippen LogP contribution in [0.1, 0.15) is 22.2 Å². The number of nitrogens with zero attached hydrogens (tertiary/aromatic N) is 4. The molecule has 3 aromatic rings. The van der Waals surface area contributed by atoms with Crippen molar-refractivity contribution in [3.63, 3.8) is 0 Å². The van der Waals surface area contributed by atoms with E-state index in [0.29, 0.717) is 30.7 Å². The number of hydrogen-bond donors (Lipinski definition) is 0. The van der Waals surface area contributed by atoms with Gasteiger partial charge in [0.15, 0.2) is 11.2 Å². The molecule has 3 heterocycles. The van der Waals surface area contributed by atoms with Crippen LogP contribution in [0.5, 0.6) is 0 Å². The van der Waals surface area contributed by atoms with Crippen molar-refractivity contribution in [2.45, 2.75) is 12.1 Å². The van der Waals surface area contributed by atoms with Crippen LogP contribution in [-0.4, -0.2) is 65.4 Å². The number of likely N-dealkylation sites (N-methyl/N-ethyl adjacent to an activating group) is 1. The lowest BCUT2D eigenvalue weighted by Gasteiger charge is -2.41. The molecule has 1 aromatic carbocycles. The molecule has 4 rings (SSSR count). The van der Waals surface area contributed by atoms with E-state index in [-0.39, 0.29) is 29.2 Å². The summed E-state index contributed by atoms with van der Waals surface area (Å²) in [6.07, 6.45) is 3.41. The first-order valence-electron chi connectivity index (χ1n) is 9.53. The van der Waals surface area contributed by atoms with Gasteiger partial charge in [-0.15, -0.1) is 0 Å². The molecule has 1 fully saturated rings. The predicted octanol–water partition coefficient (Wildman–Crippen LogP) is 1.67. The maximum atomic E-state index is 13.4. The van der Waals surface area contributed by atoms with Crippen LogP contribution in [-0.2, 0) is 11.8 Å². The van der Waals surface area contributed by atoms with Crippen LogP contribution in [0, 0.1) is 0 Å². The molecule has 0 saturated carbocycles. The number of amides is 1. The fourth-order valence-corrected chi connectivity index (χ4v) is 3.81. The Hall–Kier alpha value is -2.97. The molecular weight excluding hydrogens is 372 g/mol. The van der Waals surface area contributed by atoms with E-state index in [1.165, 1.54) is 6.07 Å². The minimum absolute atomic E-state index is 0.0353. The van der Waals surface area contributed by atoms with Gasteiger partial charge in [-0.25, -0.2) is 0 Å². The lowest BCUT2D eigenvalue weighted by Crippen LogP contribution is -2.51. The van der Waals surface area contributed by atoms with Gasteiger partial charge in [0.1, 0.15) is 5.58 Å². The zero-order valence-corrected chi connectivity index (χ0v) is 16.7. The molecule has 1 amide bonds. The Morgan fingerprint density at radius 3 is 2.83 bits per heavy atom. The Morgan fingerprint density at radius 1 is 1.31 bits per heavy atom. The molecule has 0 aliphatic carbocycles. The zero-order valence-electron chi connectivity index (χ0n) is 16.7. The third kappa shape index (κ3) is 3.81. The summed E-state index contributed by atoms with van der Waals surface area (Å²) < 4.78 is 13.5. The minimum atomic E-state index is -0.330. The lowest BCUT2D eigenvalue weighted by molar-refractivity contribution is -0.0691. The number of benzene rings is 1. The summed E-state index contributed by atoms with van der Waals surface area (Å²) >= 11 is 0. The van der Waals surface area contributed by atoms with Gasteiger partial charge in [-0.05, 0) is 26.2 Å². The van der Waals surface area contributed by atoms with Crippen LogP contribution in [0.15, 0.2) is 51.9 Å². The monoisotopic (exact) mass is 396 g/mol. The van der Waals surface area contributed by atoms with Gasteiger partial charge in [-0.2, -0.15) is 5.10 Å². The molecule has 1 saturated heterocycles. The molecule has 1 aliphatic rings. The summed E-state index contributed by atoms with van der Waals surface area (Å²) in [5, 5.41) is 4.72. The number of carbonyl (C=O) groups excluding carboxylic acids is 1. The van der Waals surface area contributed by atoms with Gasteiger partial charge in [0.2, 0.25) is 0 Å². The molecule has 2 aromatic heterocycles. The smallest absolute Gasteiger partial charge is 0.290 e. The first kappa shape index (κ1) is 19.4. The van der Waals surface area contributed by atoms with E-state index in [1.54, 1.807) is 40.0 Å². The van der Waals surface area contributed by atoms with Gasteiger partial charge < -0.3 is 19.0 Å². The Labute approximate surface area is 168 Å². The van der Waals surface area contributed by atoms with Gasteiger partial charge in [0.25, 0.3) is 5.91 Å². The van der Waals surface area contributed by atoms with E-state index in [2.05, 4.69) is 5.10 Å². The number of hydrogen-bond acceptors (Lipinski definition) is 6. The van der Waals surface area contributed by atoms with Crippen molar-refractivity contribution in [1.29, 1.82) is 0 Å². The average molecular weight is 396 g/mol. The highest BCUT2D eigenvalue weighted by Crippen LogP contribution is 2.31. The maximum absolute atomic E-state index is 13.4. The Morgan fingerprint density at radius 2 is 2.10 bits per heavy atom. The summed E-state index contributed by atoms with van der Waals surface area (Å²) in [6.45, 7) is 1.46. The van der Waals surface area contributed by atoms with Crippen LogP contribution in [0.3, 0.4) is 0 Å². The highest BCUT2D eigenvalue weighted by molar-refractivity contribution is 5.93. The number of morpholine rings is 1. The number of para-hydroxylation sites is 1. The molecule has 152 valence electrons. The largest absolute Gasteiger partial charge is 0.451 e. The van der Waals surface area contributed by atoms with Crippen LogP contribution in [0.25, 0.3) is 11.0 Å². The Kier molecular flexibility index (Phi) is 5.21. The topological polar surface area (TPSA) is 80.8 Å². The van der Waals surface area contributed by atoms with Gasteiger partial charge in [-0.1, -0.05) is 12.1 Å². The number of fused-ring (bicyclic) bond motifs is 1. The second-order valence-corrected chi connectivity index (χ2v) is 7.53. The number of aryl methyl sites for hydroxylation is 1. The summed E-state index contributed by atoms with van der Waals surface area (Å²) in [5.41, 5.74) is 1.06. The molecule has 1 aliphatic heterocycles. The average Bonchev–Trinajstić information content (AvgIpc) is 3.12. The molecule has 0 radical (unpaired) electrons. The third-order valence-electron chi connectivity index (χ3n) is 5.07. The van der Waals surface area contributed by atoms with Crippen LogP contribution in [0.4, 0.5) is 0 Å². The van der Waals surface area contributed by atoms with Gasteiger partial charge in [-0.3, -0.25) is 14.3 Å². The van der Waals surface area contributed by atoms with Gasteiger partial charge in [0.05, 0.1) is 30.3 Å². The number of aromatic nitrogens is 2. The van der Waals surface area contributed by atoms with Crippen molar-refractivity contribution in [2.75, 3.05) is 33.8 Å². The summed E-state index contributed by atoms with van der Waals surface area (Å²) in [6, 6.07) is 7.88. The van der Waals surface area contributed by atoms with Crippen molar-refractivity contribution in [2.24, 2.45) is 7.05 Å². The summed E-state index contributed by atoms with van der Waals surface area (Å²) in [7, 11) is 5.77. The summed E-state index contributed by atoms with van der Waals surface area (Å²) in [4.78, 5) is 29.6. The molecule has 8 heteroatoms. The van der Waals surface area contributed by atoms with E-state index in [4.69, 9.17) is 9.15 Å². The molecule has 29 heavy (non-hydrogen) atoms. The molecule has 0 unspecified atom stereocenters. The molecule has 0 N–H and O–H groups in total. The van der Waals surface area contributed by atoms with E-state index in [1.807, 2.05) is 32.2 Å². The third-order valence-corrected chi connectivity index (χ3v) is 5.07. The van der Waals surface area contributed by atoms with E-state index >= 15 is 0 Å². The number of carbonyl (C=O) groups is 1. The molecule has 2 atom stereocenters. The SMILES string of the molecule is CN(C)C[C@@H]1OCCN(C(=O)c2cc(=O)c3ccccc3o2)[C@H]1c1cnn(C)c1. The van der Waals surface area contributed by atoms with Crippen LogP contribution < -0.4 is 5.43 Å². The van der Waals surface area contributed by atoms with Crippen molar-refractivity contribution in [3.05, 3.63) is 64.3 Å². The molecule has 0 bridgehead atoms. The second-order valence-electron chi connectivity index (χ2n) is 7.53. The van der Waals surface area contributed by atoms with Gasteiger partial charge >= 0.3 is 0 Å². The molecule has 0 spiro atoms. The minimum Gasteiger partial charge on any atom is -0.451 e. The molecular formula is C21H24N4O4. The zero-order chi connectivity index (χ0) is 20.5. The number of ether oxygens (including phenoxy) is 1. The maximum Gasteiger partial charge on any atom is 0.290 e. The predicted molar refractivity (Wildman–Crippen MR) is 108 cm³/mol. The fraction of sp³-hybridized carbons (Fsp3) is 0.381. The van der Waals surface area contributed by atoms with Crippen LogP contribution in [0.2, 0.25) is 0 Å². The Balaban J connectivity index is 1.74. The van der Waals surface area contributed by atoms with Crippen molar-refractivity contribution < 1.29 is 13.9 Å². The van der Waals surface area contributed by atoms with E-state index in [9.17, 15) is 9.59 Å². The standard InChI is InChI=1S/C21H24N4O4/c1-23(2)13-19-20(14-11-22-24(3)12-14)25(8-9-28-19)21(27)18-10-16(26)15-6-4-5-7-17(15)29-18/h4-7,10-12,19-20H,8-9,13H2,1-3H3/t19-,20-/m0/s1. The summed E-state index contributed by atoms with van der Waals surface area (Å²) in [5.74, 6) is -0.290. The fourth-order valence-electron chi connectivity index (χ4n) is 3.81. The van der Waals surface area contributed by atoms with Crippen molar-refractivity contribution >= 4 is 16.9 Å². The van der Waals surface area contributed by atoms with Crippen molar-refractivity contribution in [3.8, 4) is 0 Å². The highest BCUT2D eigenvalue weighted by Gasteiger charge is 2.38. The first-order chi connectivity index (χ1) is 13.9. The van der Waals surface area contributed by atoms with Crippen molar-refractivity contribution in [1.82, 2.24) is 19.6 Å². The van der Waals surface area contributed by atoms with E-state index < -0.39 is 0 Å². The lowest BCUT2D eigenvalue weighted by atomic mass is 10.00. The second kappa shape index (κ2) is 7.81. The van der Waals surface area contributed by atoms with E-state index in [0.717, 1.165) is 5.56 Å².